The molecule has 0 N–H and O–H groups in total. The number of ether oxygens (including phenoxy) is 2. The zero-order chi connectivity index (χ0) is 14.7. The lowest BCUT2D eigenvalue weighted by Crippen LogP contribution is -2.46. The fourth-order valence-electron chi connectivity index (χ4n) is 2.68. The van der Waals surface area contributed by atoms with Crippen molar-refractivity contribution < 1.29 is 14.3 Å². The molecule has 0 aromatic heterocycles. The summed E-state index contributed by atoms with van der Waals surface area (Å²) in [5, 5.41) is 0. The Kier molecular flexibility index (Phi) is 4.65. The third kappa shape index (κ3) is 3.12. The second kappa shape index (κ2) is 6.27. The van der Waals surface area contributed by atoms with Crippen LogP contribution in [0.15, 0.2) is 24.3 Å². The van der Waals surface area contributed by atoms with Crippen molar-refractivity contribution in [3.05, 3.63) is 29.8 Å². The lowest BCUT2D eigenvalue weighted by Gasteiger charge is -2.39. The van der Waals surface area contributed by atoms with Gasteiger partial charge in [-0.3, -0.25) is 0 Å². The summed E-state index contributed by atoms with van der Waals surface area (Å²) in [6.07, 6.45) is 0.845. The molecule has 0 amide bonds. The summed E-state index contributed by atoms with van der Waals surface area (Å²) in [5.74, 6) is 0.608. The first kappa shape index (κ1) is 14.9. The van der Waals surface area contributed by atoms with Crippen LogP contribution in [0.5, 0.6) is 5.75 Å². The number of esters is 1. The predicted molar refractivity (Wildman–Crippen MR) is 78.1 cm³/mol. The van der Waals surface area contributed by atoms with Gasteiger partial charge in [0.05, 0.1) is 7.11 Å². The summed E-state index contributed by atoms with van der Waals surface area (Å²) in [6.45, 7) is 5.24. The van der Waals surface area contributed by atoms with Crippen molar-refractivity contribution >= 4 is 5.97 Å². The van der Waals surface area contributed by atoms with Gasteiger partial charge in [0.25, 0.3) is 0 Å². The van der Waals surface area contributed by atoms with Crippen LogP contribution in [-0.4, -0.2) is 43.7 Å². The smallest absolute Gasteiger partial charge is 0.342 e. The molecule has 1 aliphatic heterocycles. The van der Waals surface area contributed by atoms with Gasteiger partial charge in [-0.25, -0.2) is 4.79 Å². The number of carbonyl (C=O) groups excluding carboxylic acids is 1. The average molecular weight is 277 g/mol. The molecular formula is C16H23NO3. The molecule has 3 atom stereocenters. The Bertz CT molecular complexity index is 475. The van der Waals surface area contributed by atoms with Gasteiger partial charge in [0.2, 0.25) is 0 Å². The molecule has 0 radical (unpaired) electrons. The molecule has 1 heterocycles. The van der Waals surface area contributed by atoms with Gasteiger partial charge < -0.3 is 14.4 Å². The second-order valence-electron chi connectivity index (χ2n) is 5.65. The maximum atomic E-state index is 12.3. The third-order valence-electron chi connectivity index (χ3n) is 4.12. The number of benzene rings is 1. The van der Waals surface area contributed by atoms with Crippen LogP contribution in [0.1, 0.15) is 30.6 Å². The first-order valence-corrected chi connectivity index (χ1v) is 7.07. The van der Waals surface area contributed by atoms with E-state index < -0.39 is 0 Å². The highest BCUT2D eigenvalue weighted by Gasteiger charge is 2.32. The molecule has 2 rings (SSSR count). The van der Waals surface area contributed by atoms with E-state index in [1.54, 1.807) is 19.2 Å². The van der Waals surface area contributed by atoms with Gasteiger partial charge in [-0.15, -0.1) is 0 Å². The minimum absolute atomic E-state index is 0.0291. The van der Waals surface area contributed by atoms with Gasteiger partial charge in [0.15, 0.2) is 0 Å². The number of methoxy groups -OCH3 is 1. The fraction of sp³-hybridized carbons (Fsp3) is 0.562. The van der Waals surface area contributed by atoms with E-state index in [-0.39, 0.29) is 12.1 Å². The van der Waals surface area contributed by atoms with Gasteiger partial charge in [0.1, 0.15) is 17.4 Å². The first-order valence-electron chi connectivity index (χ1n) is 7.07. The highest BCUT2D eigenvalue weighted by atomic mass is 16.5. The number of likely N-dealkylation sites (tertiary alicyclic amines) is 1. The molecule has 0 saturated carbocycles. The SMILES string of the molecule is COc1ccccc1C(=O)O[C@H]1C[C@@H](C)N(C)C[C@@H]1C. The molecular weight excluding hydrogens is 254 g/mol. The Balaban J connectivity index is 2.07. The van der Waals surface area contributed by atoms with Gasteiger partial charge in [-0.05, 0) is 32.5 Å². The summed E-state index contributed by atoms with van der Waals surface area (Å²) in [4.78, 5) is 14.6. The van der Waals surface area contributed by atoms with Crippen LogP contribution in [0.25, 0.3) is 0 Å². The van der Waals surface area contributed by atoms with Gasteiger partial charge in [-0.1, -0.05) is 19.1 Å². The maximum Gasteiger partial charge on any atom is 0.342 e. The molecule has 1 aromatic rings. The molecule has 0 bridgehead atoms. The zero-order valence-corrected chi connectivity index (χ0v) is 12.6. The minimum atomic E-state index is -0.295. The number of hydrogen-bond donors (Lipinski definition) is 0. The summed E-state index contributed by atoms with van der Waals surface area (Å²) >= 11 is 0. The highest BCUT2D eigenvalue weighted by molar-refractivity contribution is 5.92. The van der Waals surface area contributed by atoms with Gasteiger partial charge in [0, 0.05) is 18.5 Å². The molecule has 110 valence electrons. The molecule has 1 aromatic carbocycles. The standard InChI is InChI=1S/C16H23NO3/c1-11-10-17(3)12(2)9-15(11)20-16(18)13-7-5-6-8-14(13)19-4/h5-8,11-12,15H,9-10H2,1-4H3/t11-,12+,15-/m0/s1. The molecule has 0 spiro atoms. The van der Waals surface area contributed by atoms with Crippen LogP contribution in [-0.2, 0) is 4.74 Å². The van der Waals surface area contributed by atoms with Crippen molar-refractivity contribution in [3.63, 3.8) is 0 Å². The second-order valence-corrected chi connectivity index (χ2v) is 5.65. The van der Waals surface area contributed by atoms with Crippen molar-refractivity contribution in [2.75, 3.05) is 20.7 Å². The third-order valence-corrected chi connectivity index (χ3v) is 4.12. The fourth-order valence-corrected chi connectivity index (χ4v) is 2.68. The van der Waals surface area contributed by atoms with E-state index in [2.05, 4.69) is 25.8 Å². The number of nitrogens with zero attached hydrogens (tertiary/aromatic N) is 1. The molecule has 1 fully saturated rings. The molecule has 4 nitrogen and oxygen atoms in total. The van der Waals surface area contributed by atoms with E-state index in [1.807, 2.05) is 12.1 Å². The Morgan fingerprint density at radius 3 is 2.70 bits per heavy atom. The van der Waals surface area contributed by atoms with E-state index in [9.17, 15) is 4.79 Å². The van der Waals surface area contributed by atoms with Crippen LogP contribution >= 0.6 is 0 Å². The molecule has 0 aliphatic carbocycles. The summed E-state index contributed by atoms with van der Waals surface area (Å²) in [7, 11) is 3.67. The van der Waals surface area contributed by atoms with Crippen molar-refractivity contribution in [1.82, 2.24) is 4.90 Å². The van der Waals surface area contributed by atoms with Crippen LogP contribution in [0.4, 0.5) is 0 Å². The highest BCUT2D eigenvalue weighted by Crippen LogP contribution is 2.26. The normalized spacial score (nSPS) is 27.1. The maximum absolute atomic E-state index is 12.3. The quantitative estimate of drug-likeness (QED) is 0.796. The monoisotopic (exact) mass is 277 g/mol. The molecule has 20 heavy (non-hydrogen) atoms. The van der Waals surface area contributed by atoms with Crippen molar-refractivity contribution in [1.29, 1.82) is 0 Å². The number of para-hydroxylation sites is 1. The Morgan fingerprint density at radius 2 is 2.00 bits per heavy atom. The topological polar surface area (TPSA) is 38.8 Å². The van der Waals surface area contributed by atoms with E-state index in [1.165, 1.54) is 0 Å². The van der Waals surface area contributed by atoms with Crippen LogP contribution in [0.2, 0.25) is 0 Å². The number of piperidine rings is 1. The molecule has 0 unspecified atom stereocenters. The Morgan fingerprint density at radius 1 is 1.30 bits per heavy atom. The van der Waals surface area contributed by atoms with Gasteiger partial charge >= 0.3 is 5.97 Å². The van der Waals surface area contributed by atoms with Crippen LogP contribution in [0, 0.1) is 5.92 Å². The molecule has 1 saturated heterocycles. The van der Waals surface area contributed by atoms with E-state index >= 15 is 0 Å². The number of rotatable bonds is 3. The van der Waals surface area contributed by atoms with E-state index in [0.717, 1.165) is 13.0 Å². The lowest BCUT2D eigenvalue weighted by molar-refractivity contribution is -0.0198. The zero-order valence-electron chi connectivity index (χ0n) is 12.6. The van der Waals surface area contributed by atoms with Gasteiger partial charge in [-0.2, -0.15) is 0 Å². The van der Waals surface area contributed by atoms with E-state index in [4.69, 9.17) is 9.47 Å². The summed E-state index contributed by atoms with van der Waals surface area (Å²) < 4.78 is 10.9. The Hall–Kier alpha value is -1.55. The van der Waals surface area contributed by atoms with Crippen molar-refractivity contribution in [2.24, 2.45) is 5.92 Å². The van der Waals surface area contributed by atoms with Crippen molar-refractivity contribution in [3.8, 4) is 5.75 Å². The van der Waals surface area contributed by atoms with Crippen LogP contribution < -0.4 is 4.74 Å². The lowest BCUT2D eigenvalue weighted by atomic mass is 9.92. The Labute approximate surface area is 120 Å². The largest absolute Gasteiger partial charge is 0.496 e. The minimum Gasteiger partial charge on any atom is -0.496 e. The first-order chi connectivity index (χ1) is 9.52. The average Bonchev–Trinajstić information content (AvgIpc) is 2.44. The van der Waals surface area contributed by atoms with E-state index in [0.29, 0.717) is 23.3 Å². The number of hydrogen-bond acceptors (Lipinski definition) is 4. The number of carbonyl (C=O) groups is 1. The molecule has 4 heteroatoms. The van der Waals surface area contributed by atoms with Crippen LogP contribution in [0.3, 0.4) is 0 Å². The molecule has 1 aliphatic rings. The van der Waals surface area contributed by atoms with Crippen molar-refractivity contribution in [2.45, 2.75) is 32.4 Å². The predicted octanol–water partition coefficient (Wildman–Crippen LogP) is 2.58. The summed E-state index contributed by atoms with van der Waals surface area (Å²) in [5.41, 5.74) is 0.494. The summed E-state index contributed by atoms with van der Waals surface area (Å²) in [6, 6.07) is 7.61.